The fraction of sp³-hybridized carbons (Fsp3) is 0.409. The second kappa shape index (κ2) is 9.02. The van der Waals surface area contributed by atoms with Crippen LogP contribution in [-0.4, -0.2) is 69.7 Å². The molecule has 1 aliphatic rings. The van der Waals surface area contributed by atoms with E-state index in [1.54, 1.807) is 35.9 Å². The molecule has 14 heteroatoms. The predicted molar refractivity (Wildman–Crippen MR) is 133 cm³/mol. The standard InChI is InChI=1S/C22H26N8O5S/c1-27-18-17(20(31)28(2)22(27)32)30(21(24-18)29-10-8-23-9-11-29)12-16-25-26-19(35-16)15-6-4-14(5-7-15)13-36(3,33)34/h4-7,23H,8-13H2,1-3H3. The van der Waals surface area contributed by atoms with Crippen molar-refractivity contribution in [2.75, 3.05) is 37.3 Å². The molecule has 0 saturated carbocycles. The van der Waals surface area contributed by atoms with Crippen LogP contribution in [0.2, 0.25) is 0 Å². The number of piperazine rings is 1. The summed E-state index contributed by atoms with van der Waals surface area (Å²) in [4.78, 5) is 32.3. The van der Waals surface area contributed by atoms with Gasteiger partial charge in [0.05, 0.1) is 5.75 Å². The van der Waals surface area contributed by atoms with Crippen LogP contribution in [0.4, 0.5) is 5.95 Å². The quantitative estimate of drug-likeness (QED) is 0.356. The highest BCUT2D eigenvalue weighted by Gasteiger charge is 2.25. The second-order valence-corrected chi connectivity index (χ2v) is 11.0. The van der Waals surface area contributed by atoms with Gasteiger partial charge in [0.2, 0.25) is 17.7 Å². The Morgan fingerprint density at radius 3 is 2.39 bits per heavy atom. The van der Waals surface area contributed by atoms with Gasteiger partial charge in [0, 0.05) is 52.1 Å². The molecule has 0 atom stereocenters. The monoisotopic (exact) mass is 514 g/mol. The SMILES string of the molecule is Cn1c(=O)c2c(nc(N3CCNCC3)n2Cc2nnc(-c3ccc(CS(C)(=O)=O)cc3)o2)n(C)c1=O. The minimum Gasteiger partial charge on any atom is -0.419 e. The maximum atomic E-state index is 13.1. The van der Waals surface area contributed by atoms with Gasteiger partial charge in [-0.25, -0.2) is 13.2 Å². The van der Waals surface area contributed by atoms with E-state index in [2.05, 4.69) is 25.4 Å². The molecule has 1 fully saturated rings. The van der Waals surface area contributed by atoms with Crippen LogP contribution < -0.4 is 21.5 Å². The molecule has 4 aromatic rings. The average molecular weight is 515 g/mol. The number of anilines is 1. The summed E-state index contributed by atoms with van der Waals surface area (Å²) >= 11 is 0. The molecule has 4 heterocycles. The molecule has 1 aliphatic heterocycles. The molecule has 190 valence electrons. The number of benzene rings is 1. The number of hydrogen-bond donors (Lipinski definition) is 1. The Morgan fingerprint density at radius 1 is 1.03 bits per heavy atom. The first-order chi connectivity index (χ1) is 17.1. The van der Waals surface area contributed by atoms with Crippen LogP contribution in [0.1, 0.15) is 11.5 Å². The Bertz CT molecular complexity index is 1660. The number of nitrogens with one attached hydrogen (secondary N) is 1. The Morgan fingerprint density at radius 2 is 1.72 bits per heavy atom. The van der Waals surface area contributed by atoms with Gasteiger partial charge in [0.15, 0.2) is 21.0 Å². The molecule has 1 aromatic carbocycles. The summed E-state index contributed by atoms with van der Waals surface area (Å²) in [6.07, 6.45) is 1.19. The van der Waals surface area contributed by atoms with E-state index in [9.17, 15) is 18.0 Å². The highest BCUT2D eigenvalue weighted by atomic mass is 32.2. The minimum absolute atomic E-state index is 0.0533. The van der Waals surface area contributed by atoms with Crippen LogP contribution in [0.25, 0.3) is 22.6 Å². The minimum atomic E-state index is -3.14. The Balaban J connectivity index is 1.53. The van der Waals surface area contributed by atoms with Crippen molar-refractivity contribution in [3.05, 3.63) is 56.6 Å². The maximum absolute atomic E-state index is 13.1. The van der Waals surface area contributed by atoms with E-state index in [0.717, 1.165) is 17.7 Å². The van der Waals surface area contributed by atoms with Crippen LogP contribution >= 0.6 is 0 Å². The lowest BCUT2D eigenvalue weighted by molar-refractivity contribution is 0.487. The highest BCUT2D eigenvalue weighted by molar-refractivity contribution is 7.89. The van der Waals surface area contributed by atoms with E-state index in [-0.39, 0.29) is 35.2 Å². The molecule has 5 rings (SSSR count). The Kier molecular flexibility index (Phi) is 6.00. The number of imidazole rings is 1. The lowest BCUT2D eigenvalue weighted by atomic mass is 10.1. The Hall–Kier alpha value is -3.78. The zero-order valence-corrected chi connectivity index (χ0v) is 20.9. The molecule has 0 spiro atoms. The van der Waals surface area contributed by atoms with Crippen LogP contribution in [0.3, 0.4) is 0 Å². The third-order valence-electron chi connectivity index (χ3n) is 6.12. The van der Waals surface area contributed by atoms with Crippen LogP contribution in [0, 0.1) is 0 Å². The number of aromatic nitrogens is 6. The molecule has 3 aromatic heterocycles. The molecule has 13 nitrogen and oxygen atoms in total. The van der Waals surface area contributed by atoms with Crippen molar-refractivity contribution in [1.29, 1.82) is 0 Å². The van der Waals surface area contributed by atoms with Crippen molar-refractivity contribution < 1.29 is 12.8 Å². The van der Waals surface area contributed by atoms with Gasteiger partial charge < -0.3 is 14.6 Å². The smallest absolute Gasteiger partial charge is 0.332 e. The normalized spacial score (nSPS) is 14.6. The second-order valence-electron chi connectivity index (χ2n) is 8.88. The summed E-state index contributed by atoms with van der Waals surface area (Å²) in [5.74, 6) is 1.03. The molecular formula is C22H26N8O5S. The van der Waals surface area contributed by atoms with Gasteiger partial charge in [0.1, 0.15) is 6.54 Å². The molecule has 1 saturated heterocycles. The third kappa shape index (κ3) is 4.44. The summed E-state index contributed by atoms with van der Waals surface area (Å²) in [6, 6.07) is 6.86. The zero-order chi connectivity index (χ0) is 25.6. The van der Waals surface area contributed by atoms with Gasteiger partial charge in [-0.05, 0) is 17.7 Å². The number of aryl methyl sites for hydroxylation is 1. The fourth-order valence-corrected chi connectivity index (χ4v) is 5.10. The first-order valence-corrected chi connectivity index (χ1v) is 13.4. The van der Waals surface area contributed by atoms with Crippen molar-refractivity contribution >= 4 is 26.9 Å². The van der Waals surface area contributed by atoms with Crippen molar-refractivity contribution in [1.82, 2.24) is 34.2 Å². The fourth-order valence-electron chi connectivity index (χ4n) is 4.31. The Labute approximate surface area is 205 Å². The molecule has 0 radical (unpaired) electrons. The predicted octanol–water partition coefficient (Wildman–Crippen LogP) is -0.514. The van der Waals surface area contributed by atoms with Crippen molar-refractivity contribution in [2.24, 2.45) is 14.1 Å². The molecular weight excluding hydrogens is 488 g/mol. The van der Waals surface area contributed by atoms with Gasteiger partial charge in [-0.15, -0.1) is 10.2 Å². The summed E-state index contributed by atoms with van der Waals surface area (Å²) in [5.41, 5.74) is 0.956. The van der Waals surface area contributed by atoms with Gasteiger partial charge in [0.25, 0.3) is 5.56 Å². The number of rotatable bonds is 6. The lowest BCUT2D eigenvalue weighted by Gasteiger charge is -2.28. The lowest BCUT2D eigenvalue weighted by Crippen LogP contribution is -2.44. The summed E-state index contributed by atoms with van der Waals surface area (Å²) in [5, 5.41) is 11.6. The van der Waals surface area contributed by atoms with E-state index < -0.39 is 21.1 Å². The van der Waals surface area contributed by atoms with E-state index in [1.807, 2.05) is 0 Å². The van der Waals surface area contributed by atoms with Gasteiger partial charge in [-0.3, -0.25) is 18.5 Å². The van der Waals surface area contributed by atoms with Gasteiger partial charge >= 0.3 is 5.69 Å². The van der Waals surface area contributed by atoms with E-state index >= 15 is 0 Å². The highest BCUT2D eigenvalue weighted by Crippen LogP contribution is 2.24. The summed E-state index contributed by atoms with van der Waals surface area (Å²) < 4.78 is 33.1. The van der Waals surface area contributed by atoms with Crippen LogP contribution in [0.5, 0.6) is 0 Å². The van der Waals surface area contributed by atoms with Crippen molar-refractivity contribution in [3.63, 3.8) is 0 Å². The van der Waals surface area contributed by atoms with Crippen molar-refractivity contribution in [2.45, 2.75) is 12.3 Å². The molecule has 0 aliphatic carbocycles. The number of hydrogen-bond acceptors (Lipinski definition) is 10. The third-order valence-corrected chi connectivity index (χ3v) is 6.98. The first kappa shape index (κ1) is 23.9. The first-order valence-electron chi connectivity index (χ1n) is 11.3. The van der Waals surface area contributed by atoms with Crippen molar-refractivity contribution in [3.8, 4) is 11.5 Å². The number of sulfone groups is 1. The van der Waals surface area contributed by atoms with E-state index in [4.69, 9.17) is 4.42 Å². The molecule has 1 N–H and O–H groups in total. The molecule has 0 amide bonds. The summed E-state index contributed by atoms with van der Waals surface area (Å²) in [6.45, 7) is 2.99. The molecule has 0 unspecified atom stereocenters. The van der Waals surface area contributed by atoms with Crippen LogP contribution in [-0.2, 0) is 36.2 Å². The molecule has 0 bridgehead atoms. The summed E-state index contributed by atoms with van der Waals surface area (Å²) in [7, 11) is -0.121. The van der Waals surface area contributed by atoms with E-state index in [0.29, 0.717) is 30.2 Å². The molecule has 36 heavy (non-hydrogen) atoms. The van der Waals surface area contributed by atoms with Gasteiger partial charge in [-0.1, -0.05) is 12.1 Å². The topological polar surface area (TPSA) is 150 Å². The largest absolute Gasteiger partial charge is 0.419 e. The van der Waals surface area contributed by atoms with Crippen LogP contribution in [0.15, 0.2) is 38.3 Å². The van der Waals surface area contributed by atoms with Gasteiger partial charge in [-0.2, -0.15) is 4.98 Å². The number of nitrogens with zero attached hydrogens (tertiary/aromatic N) is 7. The average Bonchev–Trinajstić information content (AvgIpc) is 3.47. The zero-order valence-electron chi connectivity index (χ0n) is 20.1. The van der Waals surface area contributed by atoms with E-state index in [1.165, 1.54) is 17.9 Å². The number of fused-ring (bicyclic) bond motifs is 1. The maximum Gasteiger partial charge on any atom is 0.332 e.